The van der Waals surface area contributed by atoms with Gasteiger partial charge in [-0.25, -0.2) is 9.18 Å². The van der Waals surface area contributed by atoms with Gasteiger partial charge in [0.05, 0.1) is 17.9 Å². The van der Waals surface area contributed by atoms with Gasteiger partial charge in [-0.05, 0) is 53.2 Å². The first-order valence-electron chi connectivity index (χ1n) is 6.42. The molecule has 1 amide bonds. The Morgan fingerprint density at radius 3 is 2.86 bits per heavy atom. The van der Waals surface area contributed by atoms with Crippen molar-refractivity contribution >= 4 is 27.8 Å². The van der Waals surface area contributed by atoms with E-state index in [0.29, 0.717) is 10.2 Å². The molecule has 0 radical (unpaired) electrons. The lowest BCUT2D eigenvalue weighted by Gasteiger charge is -2.12. The zero-order chi connectivity index (χ0) is 16.1. The second kappa shape index (κ2) is 7.22. The van der Waals surface area contributed by atoms with Gasteiger partial charge >= 0.3 is 5.97 Å². The Balaban J connectivity index is 1.88. The maximum absolute atomic E-state index is 13.1. The van der Waals surface area contributed by atoms with Crippen LogP contribution in [0.1, 0.15) is 29.1 Å². The van der Waals surface area contributed by atoms with E-state index in [1.807, 2.05) is 0 Å². The lowest BCUT2D eigenvalue weighted by molar-refractivity contribution is -0.125. The first-order chi connectivity index (χ1) is 10.5. The number of halogens is 2. The van der Waals surface area contributed by atoms with Gasteiger partial charge in [-0.15, -0.1) is 0 Å². The molecule has 1 N–H and O–H groups in total. The average Bonchev–Trinajstić information content (AvgIpc) is 3.01. The highest BCUT2D eigenvalue weighted by Crippen LogP contribution is 2.18. The molecule has 0 unspecified atom stereocenters. The quantitative estimate of drug-likeness (QED) is 0.821. The van der Waals surface area contributed by atoms with Crippen LogP contribution in [-0.2, 0) is 9.53 Å². The van der Waals surface area contributed by atoms with Crippen molar-refractivity contribution in [2.24, 2.45) is 0 Å². The van der Waals surface area contributed by atoms with Crippen LogP contribution in [0.5, 0.6) is 0 Å². The van der Waals surface area contributed by atoms with Gasteiger partial charge in [0.25, 0.3) is 5.91 Å². The summed E-state index contributed by atoms with van der Waals surface area (Å²) in [6.45, 7) is 1.27. The first-order valence-corrected chi connectivity index (χ1v) is 7.21. The Morgan fingerprint density at radius 2 is 2.18 bits per heavy atom. The molecule has 0 aliphatic heterocycles. The van der Waals surface area contributed by atoms with Crippen LogP contribution in [0.25, 0.3) is 0 Å². The Morgan fingerprint density at radius 1 is 1.41 bits per heavy atom. The van der Waals surface area contributed by atoms with Gasteiger partial charge in [0, 0.05) is 4.47 Å². The van der Waals surface area contributed by atoms with E-state index in [0.717, 1.165) is 6.07 Å². The minimum atomic E-state index is -0.785. The lowest BCUT2D eigenvalue weighted by Crippen LogP contribution is -2.31. The predicted octanol–water partition coefficient (Wildman–Crippen LogP) is 3.22. The van der Waals surface area contributed by atoms with Gasteiger partial charge in [0.1, 0.15) is 11.6 Å². The van der Waals surface area contributed by atoms with Gasteiger partial charge in [-0.2, -0.15) is 0 Å². The summed E-state index contributed by atoms with van der Waals surface area (Å²) >= 11 is 3.12. The molecule has 1 aromatic heterocycles. The summed E-state index contributed by atoms with van der Waals surface area (Å²) in [5, 5.41) is 2.62. The van der Waals surface area contributed by atoms with Gasteiger partial charge < -0.3 is 14.5 Å². The highest BCUT2D eigenvalue weighted by molar-refractivity contribution is 9.10. The maximum atomic E-state index is 13.1. The third-order valence-electron chi connectivity index (χ3n) is 2.83. The number of hydrogen-bond acceptors (Lipinski definition) is 4. The molecule has 0 saturated heterocycles. The number of esters is 1. The number of benzene rings is 1. The zero-order valence-electron chi connectivity index (χ0n) is 11.6. The second-order valence-corrected chi connectivity index (χ2v) is 5.36. The monoisotopic (exact) mass is 369 g/mol. The Bertz CT molecular complexity index is 672. The summed E-state index contributed by atoms with van der Waals surface area (Å²) < 4.78 is 23.5. The van der Waals surface area contributed by atoms with Crippen molar-refractivity contribution in [3.05, 3.63) is 58.2 Å². The number of rotatable bonds is 5. The van der Waals surface area contributed by atoms with E-state index in [-0.39, 0.29) is 11.6 Å². The van der Waals surface area contributed by atoms with Crippen molar-refractivity contribution in [1.82, 2.24) is 5.32 Å². The molecule has 0 saturated carbocycles. The van der Waals surface area contributed by atoms with Crippen molar-refractivity contribution < 1.29 is 23.1 Å². The molecule has 0 bridgehead atoms. The normalized spacial score (nSPS) is 11.8. The fourth-order valence-electron chi connectivity index (χ4n) is 1.75. The van der Waals surface area contributed by atoms with Crippen molar-refractivity contribution in [3.8, 4) is 0 Å². The Kier molecular flexibility index (Phi) is 5.32. The third-order valence-corrected chi connectivity index (χ3v) is 3.52. The first kappa shape index (κ1) is 16.2. The molecule has 0 aliphatic carbocycles. The van der Waals surface area contributed by atoms with Gasteiger partial charge in [0.15, 0.2) is 6.61 Å². The molecule has 0 fully saturated rings. The molecular weight excluding hydrogens is 357 g/mol. The molecule has 22 heavy (non-hydrogen) atoms. The Hall–Kier alpha value is -2.15. The summed E-state index contributed by atoms with van der Waals surface area (Å²) in [7, 11) is 0. The molecule has 0 aliphatic rings. The topological polar surface area (TPSA) is 68.5 Å². The summed E-state index contributed by atoms with van der Waals surface area (Å²) in [6.07, 6.45) is 1.50. The highest BCUT2D eigenvalue weighted by Gasteiger charge is 2.16. The molecule has 0 spiro atoms. The van der Waals surface area contributed by atoms with Gasteiger partial charge in [0.2, 0.25) is 0 Å². The van der Waals surface area contributed by atoms with E-state index < -0.39 is 24.3 Å². The van der Waals surface area contributed by atoms with Crippen LogP contribution in [0.3, 0.4) is 0 Å². The fourth-order valence-corrected chi connectivity index (χ4v) is 2.16. The number of amides is 1. The van der Waals surface area contributed by atoms with Crippen LogP contribution in [0.4, 0.5) is 4.39 Å². The summed E-state index contributed by atoms with van der Waals surface area (Å²) in [5.41, 5.74) is 0.0203. The van der Waals surface area contributed by atoms with Crippen LogP contribution in [0.15, 0.2) is 45.5 Å². The predicted molar refractivity (Wildman–Crippen MR) is 79.6 cm³/mol. The van der Waals surface area contributed by atoms with Crippen LogP contribution in [-0.4, -0.2) is 18.5 Å². The number of ether oxygens (including phenoxy) is 1. The minimum Gasteiger partial charge on any atom is -0.467 e. The molecule has 5 nitrogen and oxygen atoms in total. The third kappa shape index (κ3) is 4.17. The number of nitrogens with one attached hydrogen (secondary N) is 1. The molecule has 1 aromatic carbocycles. The average molecular weight is 370 g/mol. The van der Waals surface area contributed by atoms with E-state index in [9.17, 15) is 14.0 Å². The number of carbonyl (C=O) groups excluding carboxylic acids is 2. The SMILES string of the molecule is C[C@@H](NC(=O)COC(=O)c1cc(F)ccc1Br)c1ccco1. The van der Waals surface area contributed by atoms with Crippen LogP contribution in [0, 0.1) is 5.82 Å². The molecule has 2 aromatic rings. The van der Waals surface area contributed by atoms with Crippen LogP contribution >= 0.6 is 15.9 Å². The minimum absolute atomic E-state index is 0.0203. The fraction of sp³-hybridized carbons (Fsp3) is 0.200. The second-order valence-electron chi connectivity index (χ2n) is 4.50. The van der Waals surface area contributed by atoms with Crippen molar-refractivity contribution in [1.29, 1.82) is 0 Å². The number of hydrogen-bond donors (Lipinski definition) is 1. The number of furan rings is 1. The van der Waals surface area contributed by atoms with Crippen molar-refractivity contribution in [2.75, 3.05) is 6.61 Å². The molecular formula is C15H13BrFNO4. The zero-order valence-corrected chi connectivity index (χ0v) is 13.2. The van der Waals surface area contributed by atoms with E-state index >= 15 is 0 Å². The van der Waals surface area contributed by atoms with Crippen LogP contribution in [0.2, 0.25) is 0 Å². The lowest BCUT2D eigenvalue weighted by atomic mass is 10.2. The van der Waals surface area contributed by atoms with Crippen molar-refractivity contribution in [2.45, 2.75) is 13.0 Å². The van der Waals surface area contributed by atoms with Gasteiger partial charge in [-0.3, -0.25) is 4.79 Å². The summed E-state index contributed by atoms with van der Waals surface area (Å²) in [4.78, 5) is 23.5. The maximum Gasteiger partial charge on any atom is 0.339 e. The Labute approximate surface area is 134 Å². The standard InChI is InChI=1S/C15H13BrFNO4/c1-9(13-3-2-6-21-13)18-14(19)8-22-15(20)11-7-10(17)4-5-12(11)16/h2-7,9H,8H2,1H3,(H,18,19)/t9-/m1/s1. The largest absolute Gasteiger partial charge is 0.467 e. The van der Waals surface area contributed by atoms with E-state index in [2.05, 4.69) is 21.2 Å². The molecule has 2 rings (SSSR count). The van der Waals surface area contributed by atoms with Crippen molar-refractivity contribution in [3.63, 3.8) is 0 Å². The summed E-state index contributed by atoms with van der Waals surface area (Å²) in [5.74, 6) is -1.24. The molecule has 116 valence electrons. The van der Waals surface area contributed by atoms with E-state index in [4.69, 9.17) is 9.15 Å². The molecule has 7 heteroatoms. The smallest absolute Gasteiger partial charge is 0.339 e. The molecule has 1 heterocycles. The van der Waals surface area contributed by atoms with E-state index in [1.54, 1.807) is 19.1 Å². The van der Waals surface area contributed by atoms with Crippen LogP contribution < -0.4 is 5.32 Å². The van der Waals surface area contributed by atoms with E-state index in [1.165, 1.54) is 18.4 Å². The van der Waals surface area contributed by atoms with Gasteiger partial charge in [-0.1, -0.05) is 0 Å². The number of carbonyl (C=O) groups is 2. The highest BCUT2D eigenvalue weighted by atomic mass is 79.9. The molecule has 1 atom stereocenters. The summed E-state index contributed by atoms with van der Waals surface area (Å²) in [6, 6.07) is 6.72.